The highest BCUT2D eigenvalue weighted by molar-refractivity contribution is 6.22. The highest BCUT2D eigenvalue weighted by atomic mass is 16.5. The lowest BCUT2D eigenvalue weighted by Crippen LogP contribution is -2.44. The second kappa shape index (κ2) is 5.28. The van der Waals surface area contributed by atoms with Crippen LogP contribution in [0.2, 0.25) is 0 Å². The predicted molar refractivity (Wildman–Crippen MR) is 72.2 cm³/mol. The van der Waals surface area contributed by atoms with Crippen LogP contribution in [0.1, 0.15) is 34.6 Å². The number of nitrogens with zero attached hydrogens (tertiary/aromatic N) is 1. The summed E-state index contributed by atoms with van der Waals surface area (Å²) in [6, 6.07) is 5.49. The number of ether oxygens (including phenoxy) is 1. The molecule has 1 atom stereocenters. The monoisotopic (exact) mass is 273 g/mol. The lowest BCUT2D eigenvalue weighted by atomic mass is 10.1. The molecule has 104 valence electrons. The second-order valence-electron chi connectivity index (χ2n) is 4.74. The second-order valence-corrected chi connectivity index (χ2v) is 4.74. The van der Waals surface area contributed by atoms with Gasteiger partial charge in [-0.15, -0.1) is 0 Å². The van der Waals surface area contributed by atoms with E-state index >= 15 is 0 Å². The number of amides is 2. The van der Waals surface area contributed by atoms with E-state index in [1.165, 1.54) is 7.11 Å². The van der Waals surface area contributed by atoms with Gasteiger partial charge in [0.15, 0.2) is 6.04 Å². The summed E-state index contributed by atoms with van der Waals surface area (Å²) in [6.07, 6.45) is 1.55. The van der Waals surface area contributed by atoms with Gasteiger partial charge in [-0.25, -0.2) is 4.79 Å². The Bertz CT molecular complexity index is 579. The van der Waals surface area contributed by atoms with E-state index in [0.717, 1.165) is 10.5 Å². The average Bonchev–Trinajstić information content (AvgIpc) is 2.68. The molecule has 1 aromatic carbocycles. The molecule has 2 amide bonds. The average molecular weight is 273 g/mol. The van der Waals surface area contributed by atoms with Gasteiger partial charge < -0.3 is 4.74 Å². The van der Waals surface area contributed by atoms with Crippen molar-refractivity contribution in [2.75, 3.05) is 7.11 Å². The molecule has 1 aromatic rings. The van der Waals surface area contributed by atoms with E-state index in [1.807, 2.05) is 0 Å². The van der Waals surface area contributed by atoms with Crippen LogP contribution in [-0.4, -0.2) is 35.8 Å². The first-order chi connectivity index (χ1) is 9.47. The predicted octanol–water partition coefficient (Wildman–Crippen LogP) is 1.79. The van der Waals surface area contributed by atoms with Crippen LogP contribution in [0.15, 0.2) is 35.9 Å². The van der Waals surface area contributed by atoms with Crippen molar-refractivity contribution >= 4 is 17.8 Å². The zero-order valence-electron chi connectivity index (χ0n) is 11.5. The summed E-state index contributed by atoms with van der Waals surface area (Å²) in [7, 11) is 1.23. The molecule has 0 radical (unpaired) electrons. The van der Waals surface area contributed by atoms with Gasteiger partial charge in [0.05, 0.1) is 18.2 Å². The number of hydrogen-bond acceptors (Lipinski definition) is 4. The van der Waals surface area contributed by atoms with Crippen LogP contribution in [0.5, 0.6) is 0 Å². The van der Waals surface area contributed by atoms with Crippen LogP contribution in [0, 0.1) is 0 Å². The standard InChI is InChI=1S/C15H15NO4/c1-9(2)8-12(15(19)20-3)16-13(17)10-6-4-5-7-11(10)14(16)18/h4-8,12H,1-3H3/t12-/m0/s1. The van der Waals surface area contributed by atoms with Crippen LogP contribution in [0.25, 0.3) is 0 Å². The molecule has 0 fully saturated rings. The normalized spacial score (nSPS) is 14.8. The quantitative estimate of drug-likeness (QED) is 0.478. The maximum Gasteiger partial charge on any atom is 0.333 e. The van der Waals surface area contributed by atoms with E-state index in [2.05, 4.69) is 0 Å². The van der Waals surface area contributed by atoms with Gasteiger partial charge in [-0.3, -0.25) is 14.5 Å². The van der Waals surface area contributed by atoms with E-state index in [0.29, 0.717) is 11.1 Å². The minimum Gasteiger partial charge on any atom is -0.467 e. The summed E-state index contributed by atoms with van der Waals surface area (Å²) in [4.78, 5) is 37.4. The topological polar surface area (TPSA) is 63.7 Å². The fourth-order valence-corrected chi connectivity index (χ4v) is 2.14. The number of rotatable bonds is 3. The number of imide groups is 1. The van der Waals surface area contributed by atoms with E-state index in [4.69, 9.17) is 4.74 Å². The number of benzene rings is 1. The summed E-state index contributed by atoms with van der Waals surface area (Å²) in [5.74, 6) is -1.59. The molecule has 1 aliphatic rings. The first kappa shape index (κ1) is 14.0. The maximum atomic E-state index is 12.3. The van der Waals surface area contributed by atoms with E-state index in [1.54, 1.807) is 44.2 Å². The van der Waals surface area contributed by atoms with Crippen molar-refractivity contribution in [2.45, 2.75) is 19.9 Å². The summed E-state index contributed by atoms with van der Waals surface area (Å²) < 4.78 is 4.69. The number of allylic oxidation sites excluding steroid dienone is 1. The molecule has 0 aliphatic carbocycles. The highest BCUT2D eigenvalue weighted by Crippen LogP contribution is 2.25. The molecular weight excluding hydrogens is 258 g/mol. The van der Waals surface area contributed by atoms with Crippen molar-refractivity contribution in [1.29, 1.82) is 0 Å². The van der Waals surface area contributed by atoms with Crippen molar-refractivity contribution < 1.29 is 19.1 Å². The Morgan fingerprint density at radius 3 is 2.05 bits per heavy atom. The van der Waals surface area contributed by atoms with Crippen LogP contribution >= 0.6 is 0 Å². The van der Waals surface area contributed by atoms with Crippen molar-refractivity contribution in [3.05, 3.63) is 47.0 Å². The van der Waals surface area contributed by atoms with Gasteiger partial charge in [0.2, 0.25) is 0 Å². The molecule has 0 aromatic heterocycles. The maximum absolute atomic E-state index is 12.3. The fraction of sp³-hybridized carbons (Fsp3) is 0.267. The van der Waals surface area contributed by atoms with Gasteiger partial charge in [-0.2, -0.15) is 0 Å². The molecule has 5 nitrogen and oxygen atoms in total. The number of carbonyl (C=O) groups is 3. The van der Waals surface area contributed by atoms with Crippen LogP contribution in [-0.2, 0) is 9.53 Å². The third-order valence-corrected chi connectivity index (χ3v) is 3.04. The minimum atomic E-state index is -1.03. The number of esters is 1. The molecule has 0 saturated carbocycles. The molecule has 0 bridgehead atoms. The number of methoxy groups -OCH3 is 1. The lowest BCUT2D eigenvalue weighted by molar-refractivity contribution is -0.143. The van der Waals surface area contributed by atoms with Crippen molar-refractivity contribution in [2.24, 2.45) is 0 Å². The van der Waals surface area contributed by atoms with Crippen LogP contribution in [0.4, 0.5) is 0 Å². The van der Waals surface area contributed by atoms with E-state index in [9.17, 15) is 14.4 Å². The Balaban J connectivity index is 2.47. The molecule has 0 spiro atoms. The Labute approximate surface area is 116 Å². The van der Waals surface area contributed by atoms with Crippen molar-refractivity contribution in [1.82, 2.24) is 4.90 Å². The Hall–Kier alpha value is -2.43. The molecule has 0 saturated heterocycles. The largest absolute Gasteiger partial charge is 0.467 e. The third kappa shape index (κ3) is 2.22. The smallest absolute Gasteiger partial charge is 0.333 e. The van der Waals surface area contributed by atoms with Crippen LogP contribution in [0.3, 0.4) is 0 Å². The summed E-state index contributed by atoms with van der Waals surface area (Å²) >= 11 is 0. The minimum absolute atomic E-state index is 0.313. The zero-order chi connectivity index (χ0) is 14.9. The van der Waals surface area contributed by atoms with Gasteiger partial charge in [0.25, 0.3) is 11.8 Å². The molecule has 0 unspecified atom stereocenters. The number of carbonyl (C=O) groups excluding carboxylic acids is 3. The first-order valence-electron chi connectivity index (χ1n) is 6.17. The Morgan fingerprint density at radius 1 is 1.15 bits per heavy atom. The Morgan fingerprint density at radius 2 is 1.65 bits per heavy atom. The third-order valence-electron chi connectivity index (χ3n) is 3.04. The van der Waals surface area contributed by atoms with E-state index < -0.39 is 23.8 Å². The van der Waals surface area contributed by atoms with Crippen molar-refractivity contribution in [3.63, 3.8) is 0 Å². The van der Waals surface area contributed by atoms with Crippen LogP contribution < -0.4 is 0 Å². The fourth-order valence-electron chi connectivity index (χ4n) is 2.14. The lowest BCUT2D eigenvalue weighted by Gasteiger charge is -2.21. The Kier molecular flexibility index (Phi) is 3.70. The van der Waals surface area contributed by atoms with Gasteiger partial charge in [0, 0.05) is 0 Å². The first-order valence-corrected chi connectivity index (χ1v) is 6.17. The number of fused-ring (bicyclic) bond motifs is 1. The molecule has 1 heterocycles. The molecule has 1 aliphatic heterocycles. The molecule has 2 rings (SSSR count). The van der Waals surface area contributed by atoms with Gasteiger partial charge in [-0.1, -0.05) is 23.8 Å². The molecule has 5 heteroatoms. The van der Waals surface area contributed by atoms with Gasteiger partial charge >= 0.3 is 5.97 Å². The van der Waals surface area contributed by atoms with Gasteiger partial charge in [0.1, 0.15) is 0 Å². The summed E-state index contributed by atoms with van der Waals surface area (Å²) in [5, 5.41) is 0. The SMILES string of the molecule is COC(=O)[C@H](C=C(C)C)N1C(=O)c2ccccc2C1=O. The van der Waals surface area contributed by atoms with E-state index in [-0.39, 0.29) is 0 Å². The zero-order valence-corrected chi connectivity index (χ0v) is 11.5. The molecule has 0 N–H and O–H groups in total. The van der Waals surface area contributed by atoms with Gasteiger partial charge in [-0.05, 0) is 26.0 Å². The number of hydrogen-bond donors (Lipinski definition) is 0. The van der Waals surface area contributed by atoms with Crippen molar-refractivity contribution in [3.8, 4) is 0 Å². The highest BCUT2D eigenvalue weighted by Gasteiger charge is 2.42. The molecule has 20 heavy (non-hydrogen) atoms. The summed E-state index contributed by atoms with van der Waals surface area (Å²) in [5.41, 5.74) is 1.44. The summed E-state index contributed by atoms with van der Waals surface area (Å²) in [6.45, 7) is 3.57. The molecular formula is C15H15NO4.